The molecule has 0 fully saturated rings. The maximum Gasteiger partial charge on any atom is 0.0724 e. The van der Waals surface area contributed by atoms with Crippen LogP contribution in [0.3, 0.4) is 0 Å². The number of rotatable bonds is 2. The first-order valence-corrected chi connectivity index (χ1v) is 14.2. The third-order valence-corrected chi connectivity index (χ3v) is 9.18. The SMILES string of the molecule is CC1(C)c2ccccc2-n2c3cnccc3c3cc(-c4ccc5c(c4)c4ccccc4n5-c4ccccc4)cc1c32. The Morgan fingerprint density at radius 1 is 0.537 bits per heavy atom. The van der Waals surface area contributed by atoms with Gasteiger partial charge in [-0.15, -0.1) is 0 Å². The summed E-state index contributed by atoms with van der Waals surface area (Å²) < 4.78 is 4.80. The Morgan fingerprint density at radius 2 is 1.27 bits per heavy atom. The van der Waals surface area contributed by atoms with Crippen molar-refractivity contribution in [2.24, 2.45) is 0 Å². The molecule has 4 heterocycles. The van der Waals surface area contributed by atoms with Crippen LogP contribution in [0.4, 0.5) is 0 Å². The summed E-state index contributed by atoms with van der Waals surface area (Å²) in [7, 11) is 0. The molecular weight excluding hydrogens is 498 g/mol. The van der Waals surface area contributed by atoms with Gasteiger partial charge < -0.3 is 9.13 Å². The highest BCUT2D eigenvalue weighted by atomic mass is 15.0. The van der Waals surface area contributed by atoms with E-state index >= 15 is 0 Å². The lowest BCUT2D eigenvalue weighted by atomic mass is 9.74. The molecule has 0 atom stereocenters. The van der Waals surface area contributed by atoms with E-state index in [-0.39, 0.29) is 5.41 Å². The van der Waals surface area contributed by atoms with Crippen molar-refractivity contribution in [3.63, 3.8) is 0 Å². The Labute approximate surface area is 237 Å². The number of hydrogen-bond donors (Lipinski definition) is 0. The normalized spacial score (nSPS) is 13.8. The van der Waals surface area contributed by atoms with Crippen LogP contribution in [0.25, 0.3) is 66.1 Å². The zero-order valence-corrected chi connectivity index (χ0v) is 23.0. The van der Waals surface area contributed by atoms with E-state index in [1.54, 1.807) is 0 Å². The molecule has 9 rings (SSSR count). The van der Waals surface area contributed by atoms with Crippen LogP contribution < -0.4 is 0 Å². The van der Waals surface area contributed by atoms with Crippen LogP contribution in [0, 0.1) is 0 Å². The zero-order valence-electron chi connectivity index (χ0n) is 23.0. The molecule has 0 radical (unpaired) electrons. The van der Waals surface area contributed by atoms with E-state index in [2.05, 4.69) is 143 Å². The molecule has 3 aromatic heterocycles. The minimum Gasteiger partial charge on any atom is -0.309 e. The lowest BCUT2D eigenvalue weighted by molar-refractivity contribution is 0.630. The monoisotopic (exact) mass is 525 g/mol. The second-order valence-corrected chi connectivity index (χ2v) is 11.7. The number of fused-ring (bicyclic) bond motifs is 8. The van der Waals surface area contributed by atoms with E-state index in [0.29, 0.717) is 0 Å². The third kappa shape index (κ3) is 2.95. The molecule has 194 valence electrons. The summed E-state index contributed by atoms with van der Waals surface area (Å²) in [6.45, 7) is 4.72. The second-order valence-electron chi connectivity index (χ2n) is 11.7. The van der Waals surface area contributed by atoms with Crippen LogP contribution >= 0.6 is 0 Å². The molecule has 3 nitrogen and oxygen atoms in total. The van der Waals surface area contributed by atoms with Gasteiger partial charge in [-0.3, -0.25) is 4.98 Å². The van der Waals surface area contributed by atoms with E-state index in [0.717, 1.165) is 5.52 Å². The summed E-state index contributed by atoms with van der Waals surface area (Å²) in [5.41, 5.74) is 12.4. The molecular formula is C38H27N3. The summed E-state index contributed by atoms with van der Waals surface area (Å²) in [6.07, 6.45) is 3.93. The molecule has 0 saturated carbocycles. The summed E-state index contributed by atoms with van der Waals surface area (Å²) in [6, 6.07) is 42.2. The highest BCUT2D eigenvalue weighted by Crippen LogP contribution is 2.49. The van der Waals surface area contributed by atoms with Crippen LogP contribution in [0.5, 0.6) is 0 Å². The fourth-order valence-electron chi connectivity index (χ4n) is 7.24. The molecule has 3 heteroatoms. The Kier molecular flexibility index (Phi) is 4.39. The van der Waals surface area contributed by atoms with Crippen LogP contribution in [-0.2, 0) is 5.41 Å². The number of pyridine rings is 1. The highest BCUT2D eigenvalue weighted by Gasteiger charge is 2.35. The van der Waals surface area contributed by atoms with Crippen molar-refractivity contribution in [3.05, 3.63) is 139 Å². The van der Waals surface area contributed by atoms with Gasteiger partial charge >= 0.3 is 0 Å². The molecule has 1 aliphatic heterocycles. The minimum absolute atomic E-state index is 0.143. The van der Waals surface area contributed by atoms with Crippen LogP contribution in [0.15, 0.2) is 128 Å². The van der Waals surface area contributed by atoms with Crippen molar-refractivity contribution >= 4 is 43.6 Å². The van der Waals surface area contributed by atoms with Crippen molar-refractivity contribution in [2.75, 3.05) is 0 Å². The first-order valence-electron chi connectivity index (χ1n) is 14.2. The maximum absolute atomic E-state index is 4.53. The fraction of sp³-hybridized carbons (Fsp3) is 0.0789. The molecule has 0 N–H and O–H groups in total. The summed E-state index contributed by atoms with van der Waals surface area (Å²) in [5.74, 6) is 0. The third-order valence-electron chi connectivity index (χ3n) is 9.18. The van der Waals surface area contributed by atoms with Gasteiger partial charge in [0.25, 0.3) is 0 Å². The summed E-state index contributed by atoms with van der Waals surface area (Å²) in [5, 5.41) is 5.07. The lowest BCUT2D eigenvalue weighted by Crippen LogP contribution is -2.26. The van der Waals surface area contributed by atoms with E-state index in [9.17, 15) is 0 Å². The number of nitrogens with zero attached hydrogens (tertiary/aromatic N) is 3. The van der Waals surface area contributed by atoms with Gasteiger partial charge in [0.1, 0.15) is 0 Å². The quantitative estimate of drug-likeness (QED) is 0.220. The molecule has 8 aromatic rings. The number of para-hydroxylation sites is 3. The molecule has 0 amide bonds. The van der Waals surface area contributed by atoms with Gasteiger partial charge in [0.2, 0.25) is 0 Å². The van der Waals surface area contributed by atoms with Crippen molar-refractivity contribution in [1.82, 2.24) is 14.1 Å². The van der Waals surface area contributed by atoms with Crippen molar-refractivity contribution in [2.45, 2.75) is 19.3 Å². The van der Waals surface area contributed by atoms with E-state index in [1.807, 2.05) is 12.4 Å². The average Bonchev–Trinajstić information content (AvgIpc) is 3.53. The van der Waals surface area contributed by atoms with Gasteiger partial charge in [0, 0.05) is 38.8 Å². The van der Waals surface area contributed by atoms with E-state index < -0.39 is 0 Å². The Bertz CT molecular complexity index is 2330. The zero-order chi connectivity index (χ0) is 27.3. The van der Waals surface area contributed by atoms with Crippen molar-refractivity contribution < 1.29 is 0 Å². The van der Waals surface area contributed by atoms with Gasteiger partial charge in [0.05, 0.1) is 34.0 Å². The maximum atomic E-state index is 4.53. The summed E-state index contributed by atoms with van der Waals surface area (Å²) in [4.78, 5) is 4.53. The predicted octanol–water partition coefficient (Wildman–Crippen LogP) is 9.58. The molecule has 0 saturated heterocycles. The molecule has 0 bridgehead atoms. The molecule has 0 unspecified atom stereocenters. The average molecular weight is 526 g/mol. The smallest absolute Gasteiger partial charge is 0.0724 e. The fourth-order valence-corrected chi connectivity index (χ4v) is 7.24. The molecule has 5 aromatic carbocycles. The Hall–Kier alpha value is -5.15. The van der Waals surface area contributed by atoms with Crippen molar-refractivity contribution in [3.8, 4) is 22.5 Å². The second kappa shape index (κ2) is 7.96. The van der Waals surface area contributed by atoms with Crippen molar-refractivity contribution in [1.29, 1.82) is 0 Å². The van der Waals surface area contributed by atoms with E-state index in [4.69, 9.17) is 0 Å². The number of aromatic nitrogens is 3. The summed E-state index contributed by atoms with van der Waals surface area (Å²) >= 11 is 0. The van der Waals surface area contributed by atoms with E-state index in [1.165, 1.54) is 71.7 Å². The number of benzene rings is 5. The largest absolute Gasteiger partial charge is 0.309 e. The molecule has 0 aliphatic carbocycles. The predicted molar refractivity (Wildman–Crippen MR) is 170 cm³/mol. The molecule has 41 heavy (non-hydrogen) atoms. The van der Waals surface area contributed by atoms with Gasteiger partial charge in [-0.25, -0.2) is 0 Å². The Morgan fingerprint density at radius 3 is 2.17 bits per heavy atom. The van der Waals surface area contributed by atoms with Gasteiger partial charge in [-0.2, -0.15) is 0 Å². The van der Waals surface area contributed by atoms with Crippen LogP contribution in [0.2, 0.25) is 0 Å². The lowest BCUT2D eigenvalue weighted by Gasteiger charge is -2.35. The molecule has 1 aliphatic rings. The van der Waals surface area contributed by atoms with Gasteiger partial charge in [-0.05, 0) is 76.9 Å². The topological polar surface area (TPSA) is 22.8 Å². The van der Waals surface area contributed by atoms with Crippen LogP contribution in [0.1, 0.15) is 25.0 Å². The first-order chi connectivity index (χ1) is 20.1. The Balaban J connectivity index is 1.36. The minimum atomic E-state index is -0.143. The van der Waals surface area contributed by atoms with Gasteiger partial charge in [-0.1, -0.05) is 74.5 Å². The van der Waals surface area contributed by atoms with Gasteiger partial charge in [0.15, 0.2) is 0 Å². The first kappa shape index (κ1) is 22.6. The molecule has 0 spiro atoms. The van der Waals surface area contributed by atoms with Crippen LogP contribution in [-0.4, -0.2) is 14.1 Å². The number of hydrogen-bond acceptors (Lipinski definition) is 1. The highest BCUT2D eigenvalue weighted by molar-refractivity contribution is 6.14. The standard InChI is InChI=1S/C38H27N3/c1-38(2)31-13-7-9-15-35(31)41-36-23-39-19-18-28(36)30-21-25(22-32(38)37(30)41)24-16-17-34-29(20-24)27-12-6-8-14-33(27)40(34)26-10-4-3-5-11-26/h3-23H,1-2H3.